The highest BCUT2D eigenvalue weighted by Crippen LogP contribution is 2.27. The minimum Gasteiger partial charge on any atom is -0.369 e. The summed E-state index contributed by atoms with van der Waals surface area (Å²) in [5.41, 5.74) is 3.12. The molecular formula is C34H47N5O4. The van der Waals surface area contributed by atoms with E-state index in [2.05, 4.69) is 37.7 Å². The first kappa shape index (κ1) is 33.5. The number of hydrogen-bond donors (Lipinski definition) is 1. The van der Waals surface area contributed by atoms with Crippen LogP contribution in [0.3, 0.4) is 0 Å². The van der Waals surface area contributed by atoms with Gasteiger partial charge in [0.1, 0.15) is 5.82 Å². The van der Waals surface area contributed by atoms with E-state index in [-0.39, 0.29) is 17.9 Å². The monoisotopic (exact) mass is 589 g/mol. The normalized spacial score (nSPS) is 13.9. The van der Waals surface area contributed by atoms with Gasteiger partial charge in [0.2, 0.25) is 5.91 Å². The van der Waals surface area contributed by atoms with Gasteiger partial charge in [0.25, 0.3) is 5.91 Å². The number of aromatic nitrogens is 2. The van der Waals surface area contributed by atoms with Gasteiger partial charge in [0.15, 0.2) is 0 Å². The molecule has 0 radical (unpaired) electrons. The van der Waals surface area contributed by atoms with E-state index in [1.165, 1.54) is 6.20 Å². The van der Waals surface area contributed by atoms with Crippen LogP contribution in [0.2, 0.25) is 0 Å². The summed E-state index contributed by atoms with van der Waals surface area (Å²) < 4.78 is 6.39. The van der Waals surface area contributed by atoms with Gasteiger partial charge in [-0.05, 0) is 41.5 Å². The van der Waals surface area contributed by atoms with Gasteiger partial charge < -0.3 is 19.4 Å². The number of nitrogens with one attached hydrogen (secondary N) is 1. The number of fused-ring (bicyclic) bond motifs is 1. The molecule has 43 heavy (non-hydrogen) atoms. The molecule has 4 rings (SSSR count). The van der Waals surface area contributed by atoms with Crippen molar-refractivity contribution in [2.75, 3.05) is 43.5 Å². The number of ether oxygens (including phenoxy) is 1. The molecule has 0 spiro atoms. The first-order valence-electron chi connectivity index (χ1n) is 15.0. The molecule has 0 saturated carbocycles. The average Bonchev–Trinajstić information content (AvgIpc) is 3.08. The topological polar surface area (TPSA) is 98.8 Å². The molecular weight excluding hydrogens is 542 g/mol. The van der Waals surface area contributed by atoms with Crippen LogP contribution in [-0.2, 0) is 16.1 Å². The standard InChI is InChI=1S/C29H35N5O4.C5H12/c1-4-9-26(35)32(2)15-14-25(22-11-6-5-7-12-22)38-20-21-10-8-13-23(18-21)34-17-16-33(3)27-24(28(34)36)19-30-29(37)31-27;1-5(2,3)4/h5-8,10-13,18-19,25H,4,9,14-17,20H2,1-3H3,(H,30,31,37);1-4H3. The number of carbonyl (C=O) groups excluding carboxylic acids is 2. The number of anilines is 2. The van der Waals surface area contributed by atoms with Crippen molar-refractivity contribution in [1.29, 1.82) is 0 Å². The van der Waals surface area contributed by atoms with Crippen molar-refractivity contribution in [3.05, 3.63) is 88.0 Å². The second-order valence-electron chi connectivity index (χ2n) is 12.6. The summed E-state index contributed by atoms with van der Waals surface area (Å²) in [6.45, 7) is 12.7. The van der Waals surface area contributed by atoms with Crippen LogP contribution < -0.4 is 15.5 Å². The van der Waals surface area contributed by atoms with Gasteiger partial charge in [-0.2, -0.15) is 0 Å². The minimum absolute atomic E-state index is 0.139. The molecule has 1 atom stereocenters. The fourth-order valence-electron chi connectivity index (χ4n) is 4.56. The smallest absolute Gasteiger partial charge is 0.346 e. The van der Waals surface area contributed by atoms with E-state index >= 15 is 0 Å². The van der Waals surface area contributed by atoms with Crippen LogP contribution in [0, 0.1) is 5.41 Å². The number of benzene rings is 2. The van der Waals surface area contributed by atoms with Crippen molar-refractivity contribution >= 4 is 23.3 Å². The lowest BCUT2D eigenvalue weighted by molar-refractivity contribution is -0.130. The molecule has 232 valence electrons. The fraction of sp³-hybridized carbons (Fsp3) is 0.471. The third kappa shape index (κ3) is 10.4. The molecule has 9 heteroatoms. The summed E-state index contributed by atoms with van der Waals surface area (Å²) in [6, 6.07) is 17.8. The Hall–Kier alpha value is -3.98. The van der Waals surface area contributed by atoms with E-state index in [0.29, 0.717) is 55.9 Å². The van der Waals surface area contributed by atoms with E-state index in [1.54, 1.807) is 9.80 Å². The lowest BCUT2D eigenvalue weighted by atomic mass is 10.0. The second-order valence-corrected chi connectivity index (χ2v) is 12.6. The van der Waals surface area contributed by atoms with Gasteiger partial charge in [-0.25, -0.2) is 9.78 Å². The second kappa shape index (κ2) is 15.5. The summed E-state index contributed by atoms with van der Waals surface area (Å²) in [7, 11) is 3.68. The lowest BCUT2D eigenvalue weighted by Crippen LogP contribution is -2.33. The highest BCUT2D eigenvalue weighted by atomic mass is 16.5. The molecule has 2 heterocycles. The number of rotatable bonds is 10. The van der Waals surface area contributed by atoms with Crippen molar-refractivity contribution in [3.63, 3.8) is 0 Å². The molecule has 1 unspecified atom stereocenters. The Labute approximate surface area is 255 Å². The number of aromatic amines is 1. The van der Waals surface area contributed by atoms with E-state index in [0.717, 1.165) is 23.2 Å². The summed E-state index contributed by atoms with van der Waals surface area (Å²) in [4.78, 5) is 49.1. The molecule has 1 aromatic heterocycles. The fourth-order valence-corrected chi connectivity index (χ4v) is 4.56. The van der Waals surface area contributed by atoms with E-state index in [4.69, 9.17) is 4.74 Å². The Balaban J connectivity index is 0.000000934. The Morgan fingerprint density at radius 1 is 1.07 bits per heavy atom. The van der Waals surface area contributed by atoms with Crippen molar-refractivity contribution in [1.82, 2.24) is 14.9 Å². The van der Waals surface area contributed by atoms with Gasteiger partial charge in [-0.3, -0.25) is 14.6 Å². The van der Waals surface area contributed by atoms with E-state index in [9.17, 15) is 14.4 Å². The number of nitrogens with zero attached hydrogens (tertiary/aromatic N) is 4. The maximum Gasteiger partial charge on any atom is 0.346 e. The van der Waals surface area contributed by atoms with Crippen LogP contribution in [0.1, 0.15) is 81.5 Å². The SMILES string of the molecule is CC(C)(C)C.CCCC(=O)N(C)CCC(OCc1cccc(N2CCN(C)c3[nH]c(=O)ncc3C2=O)c1)c1ccccc1. The Bertz CT molecular complexity index is 1390. The maximum absolute atomic E-state index is 13.4. The number of likely N-dealkylation sites (N-methyl/N-ethyl adjacent to an activating group) is 1. The lowest BCUT2D eigenvalue weighted by Gasteiger charge is -2.24. The first-order chi connectivity index (χ1) is 20.4. The third-order valence-electron chi connectivity index (χ3n) is 6.77. The van der Waals surface area contributed by atoms with Crippen molar-refractivity contribution in [3.8, 4) is 0 Å². The van der Waals surface area contributed by atoms with Gasteiger partial charge in [0, 0.05) is 52.0 Å². The number of carbonyl (C=O) groups is 2. The van der Waals surface area contributed by atoms with Crippen LogP contribution in [-0.4, -0.2) is 60.4 Å². The summed E-state index contributed by atoms with van der Waals surface area (Å²) in [5, 5.41) is 0. The van der Waals surface area contributed by atoms with Crippen molar-refractivity contribution in [2.45, 2.75) is 66.6 Å². The van der Waals surface area contributed by atoms with E-state index < -0.39 is 5.69 Å². The summed E-state index contributed by atoms with van der Waals surface area (Å²) in [5.74, 6) is 0.402. The number of hydrogen-bond acceptors (Lipinski definition) is 6. The Kier molecular flexibility index (Phi) is 12.1. The minimum atomic E-state index is -0.482. The maximum atomic E-state index is 13.4. The summed E-state index contributed by atoms with van der Waals surface area (Å²) >= 11 is 0. The van der Waals surface area contributed by atoms with Crippen LogP contribution in [0.25, 0.3) is 0 Å². The zero-order valence-electron chi connectivity index (χ0n) is 26.7. The van der Waals surface area contributed by atoms with Crippen LogP contribution in [0.5, 0.6) is 0 Å². The zero-order valence-corrected chi connectivity index (χ0v) is 26.7. The van der Waals surface area contributed by atoms with Crippen LogP contribution in [0.15, 0.2) is 65.6 Å². The largest absolute Gasteiger partial charge is 0.369 e. The molecule has 2 amide bonds. The highest BCUT2D eigenvalue weighted by Gasteiger charge is 2.27. The van der Waals surface area contributed by atoms with Gasteiger partial charge in [0.05, 0.1) is 18.3 Å². The van der Waals surface area contributed by atoms with Gasteiger partial charge in [-0.15, -0.1) is 0 Å². The van der Waals surface area contributed by atoms with Crippen LogP contribution >= 0.6 is 0 Å². The molecule has 2 aromatic carbocycles. The third-order valence-corrected chi connectivity index (χ3v) is 6.77. The molecule has 0 saturated heterocycles. The molecule has 1 aliphatic heterocycles. The predicted molar refractivity (Wildman–Crippen MR) is 173 cm³/mol. The molecule has 0 aliphatic carbocycles. The zero-order chi connectivity index (χ0) is 31.6. The quantitative estimate of drug-likeness (QED) is 0.320. The average molecular weight is 590 g/mol. The van der Waals surface area contributed by atoms with Gasteiger partial charge >= 0.3 is 5.69 Å². The predicted octanol–water partition coefficient (Wildman–Crippen LogP) is 5.83. The molecule has 1 N–H and O–H groups in total. The van der Waals surface area contributed by atoms with Crippen molar-refractivity contribution in [2.24, 2.45) is 5.41 Å². The van der Waals surface area contributed by atoms with Crippen molar-refractivity contribution < 1.29 is 14.3 Å². The molecule has 0 bridgehead atoms. The number of H-pyrrole nitrogens is 1. The summed E-state index contributed by atoms with van der Waals surface area (Å²) in [6.07, 6.45) is 3.20. The van der Waals surface area contributed by atoms with E-state index in [1.807, 2.05) is 80.5 Å². The van der Waals surface area contributed by atoms with Gasteiger partial charge in [-0.1, -0.05) is 77.1 Å². The first-order valence-corrected chi connectivity index (χ1v) is 15.0. The molecule has 3 aromatic rings. The molecule has 0 fully saturated rings. The molecule has 1 aliphatic rings. The Morgan fingerprint density at radius 3 is 2.44 bits per heavy atom. The molecule has 9 nitrogen and oxygen atoms in total. The highest BCUT2D eigenvalue weighted by molar-refractivity contribution is 6.09. The van der Waals surface area contributed by atoms with Crippen LogP contribution in [0.4, 0.5) is 11.5 Å². The Morgan fingerprint density at radius 2 is 1.77 bits per heavy atom. The number of amides is 2.